The molecule has 0 saturated carbocycles. The highest BCUT2D eigenvalue weighted by atomic mass is 79.9. The van der Waals surface area contributed by atoms with Gasteiger partial charge in [-0.15, -0.1) is 0 Å². The van der Waals surface area contributed by atoms with E-state index in [1.54, 1.807) is 62.4 Å². The summed E-state index contributed by atoms with van der Waals surface area (Å²) in [5, 5.41) is 1.14. The molecule has 0 radical (unpaired) electrons. The lowest BCUT2D eigenvalue weighted by Crippen LogP contribution is -2.40. The SMILES string of the molecule is CC(C)(Oc1ccc(C(=O)c2ccc(Cl)cc2)cc1)C(=O)OCCBr. The first-order valence-corrected chi connectivity index (χ1v) is 9.16. The molecule has 2 aromatic rings. The maximum Gasteiger partial charge on any atom is 0.349 e. The zero-order valence-corrected chi connectivity index (χ0v) is 16.3. The minimum Gasteiger partial charge on any atom is -0.476 e. The molecule has 0 atom stereocenters. The monoisotopic (exact) mass is 424 g/mol. The Morgan fingerprint density at radius 2 is 1.52 bits per heavy atom. The van der Waals surface area contributed by atoms with Crippen molar-refractivity contribution in [1.82, 2.24) is 0 Å². The molecule has 0 bridgehead atoms. The second-order valence-corrected chi connectivity index (χ2v) is 7.03. The molecule has 2 aromatic carbocycles. The number of carbonyl (C=O) groups is 2. The van der Waals surface area contributed by atoms with Gasteiger partial charge in [-0.2, -0.15) is 0 Å². The summed E-state index contributed by atoms with van der Waals surface area (Å²) in [6, 6.07) is 13.3. The first-order valence-electron chi connectivity index (χ1n) is 7.66. The fraction of sp³-hybridized carbons (Fsp3) is 0.263. The van der Waals surface area contributed by atoms with Crippen LogP contribution in [-0.4, -0.2) is 29.3 Å². The first-order chi connectivity index (χ1) is 11.8. The quantitative estimate of drug-likeness (QED) is 0.367. The van der Waals surface area contributed by atoms with Gasteiger partial charge in [0.1, 0.15) is 12.4 Å². The van der Waals surface area contributed by atoms with Gasteiger partial charge in [-0.25, -0.2) is 4.79 Å². The number of ether oxygens (including phenoxy) is 2. The van der Waals surface area contributed by atoms with E-state index in [0.717, 1.165) is 0 Å². The van der Waals surface area contributed by atoms with E-state index in [0.29, 0.717) is 27.2 Å². The number of carbonyl (C=O) groups excluding carboxylic acids is 2. The van der Waals surface area contributed by atoms with Crippen LogP contribution in [0.5, 0.6) is 5.75 Å². The van der Waals surface area contributed by atoms with Gasteiger partial charge < -0.3 is 9.47 Å². The normalized spacial score (nSPS) is 11.0. The molecule has 6 heteroatoms. The smallest absolute Gasteiger partial charge is 0.349 e. The predicted molar refractivity (Wildman–Crippen MR) is 101 cm³/mol. The van der Waals surface area contributed by atoms with E-state index in [4.69, 9.17) is 21.1 Å². The number of benzene rings is 2. The van der Waals surface area contributed by atoms with Crippen molar-refractivity contribution in [3.8, 4) is 5.75 Å². The summed E-state index contributed by atoms with van der Waals surface area (Å²) in [5.74, 6) is -0.0825. The zero-order chi connectivity index (χ0) is 18.4. The van der Waals surface area contributed by atoms with Crippen LogP contribution in [-0.2, 0) is 9.53 Å². The van der Waals surface area contributed by atoms with Crippen molar-refractivity contribution in [1.29, 1.82) is 0 Å². The second kappa shape index (κ2) is 8.50. The molecule has 0 saturated heterocycles. The van der Waals surface area contributed by atoms with Crippen molar-refractivity contribution in [2.45, 2.75) is 19.4 Å². The van der Waals surface area contributed by atoms with Crippen LogP contribution in [0.2, 0.25) is 5.02 Å². The highest BCUT2D eigenvalue weighted by Crippen LogP contribution is 2.22. The Morgan fingerprint density at radius 1 is 1.00 bits per heavy atom. The third-order valence-electron chi connectivity index (χ3n) is 3.40. The molecule has 0 spiro atoms. The number of hydrogen-bond donors (Lipinski definition) is 0. The Kier molecular flexibility index (Phi) is 6.62. The van der Waals surface area contributed by atoms with E-state index >= 15 is 0 Å². The molecule has 2 rings (SSSR count). The van der Waals surface area contributed by atoms with Gasteiger partial charge >= 0.3 is 5.97 Å². The van der Waals surface area contributed by atoms with Gasteiger partial charge in [-0.1, -0.05) is 27.5 Å². The molecule has 0 N–H and O–H groups in total. The topological polar surface area (TPSA) is 52.6 Å². The minimum absolute atomic E-state index is 0.112. The molecule has 0 fully saturated rings. The molecule has 0 aliphatic heterocycles. The van der Waals surface area contributed by atoms with Gasteiger partial charge in [0.05, 0.1) is 0 Å². The largest absolute Gasteiger partial charge is 0.476 e. The molecule has 0 amide bonds. The van der Waals surface area contributed by atoms with Crippen molar-refractivity contribution < 1.29 is 19.1 Å². The van der Waals surface area contributed by atoms with Crippen LogP contribution in [0, 0.1) is 0 Å². The lowest BCUT2D eigenvalue weighted by atomic mass is 10.0. The van der Waals surface area contributed by atoms with Crippen LogP contribution in [0.4, 0.5) is 0 Å². The van der Waals surface area contributed by atoms with Gasteiger partial charge in [0, 0.05) is 21.5 Å². The predicted octanol–water partition coefficient (Wildman–Crippen LogP) is 4.67. The van der Waals surface area contributed by atoms with Crippen LogP contribution >= 0.6 is 27.5 Å². The fourth-order valence-corrected chi connectivity index (χ4v) is 2.37. The van der Waals surface area contributed by atoms with Gasteiger partial charge in [0.2, 0.25) is 0 Å². The summed E-state index contributed by atoms with van der Waals surface area (Å²) < 4.78 is 10.8. The van der Waals surface area contributed by atoms with E-state index in [9.17, 15) is 9.59 Å². The Morgan fingerprint density at radius 3 is 2.04 bits per heavy atom. The maximum atomic E-state index is 12.4. The molecule has 132 valence electrons. The Balaban J connectivity index is 2.07. The molecule has 0 aliphatic carbocycles. The van der Waals surface area contributed by atoms with E-state index in [1.807, 2.05) is 0 Å². The molecule has 0 aliphatic rings. The average molecular weight is 426 g/mol. The summed E-state index contributed by atoms with van der Waals surface area (Å²) in [7, 11) is 0. The maximum absolute atomic E-state index is 12.4. The lowest BCUT2D eigenvalue weighted by molar-refractivity contribution is -0.158. The summed E-state index contributed by atoms with van der Waals surface area (Å²) in [6.45, 7) is 3.55. The second-order valence-electron chi connectivity index (χ2n) is 5.80. The number of esters is 1. The summed E-state index contributed by atoms with van der Waals surface area (Å²) in [4.78, 5) is 24.4. The number of hydrogen-bond acceptors (Lipinski definition) is 4. The number of ketones is 1. The Bertz CT molecular complexity index is 739. The highest BCUT2D eigenvalue weighted by molar-refractivity contribution is 9.09. The number of rotatable bonds is 7. The van der Waals surface area contributed by atoms with Crippen molar-refractivity contribution in [3.05, 3.63) is 64.7 Å². The van der Waals surface area contributed by atoms with Gasteiger partial charge in [0.25, 0.3) is 0 Å². The Hall–Kier alpha value is -1.85. The molecular weight excluding hydrogens is 408 g/mol. The number of halogens is 2. The van der Waals surface area contributed by atoms with Crippen LogP contribution in [0.1, 0.15) is 29.8 Å². The van der Waals surface area contributed by atoms with Gasteiger partial charge in [-0.05, 0) is 62.4 Å². The summed E-state index contributed by atoms with van der Waals surface area (Å²) >= 11 is 9.03. The lowest BCUT2D eigenvalue weighted by Gasteiger charge is -2.24. The highest BCUT2D eigenvalue weighted by Gasteiger charge is 2.31. The van der Waals surface area contributed by atoms with Crippen LogP contribution < -0.4 is 4.74 Å². The van der Waals surface area contributed by atoms with Crippen molar-refractivity contribution in [2.24, 2.45) is 0 Å². The summed E-state index contributed by atoms with van der Waals surface area (Å²) in [6.07, 6.45) is 0. The van der Waals surface area contributed by atoms with E-state index in [1.165, 1.54) is 0 Å². The van der Waals surface area contributed by atoms with Crippen LogP contribution in [0.3, 0.4) is 0 Å². The molecule has 0 heterocycles. The fourth-order valence-electron chi connectivity index (χ4n) is 2.08. The average Bonchev–Trinajstić information content (AvgIpc) is 2.60. The van der Waals surface area contributed by atoms with Crippen molar-refractivity contribution in [2.75, 3.05) is 11.9 Å². The van der Waals surface area contributed by atoms with E-state index < -0.39 is 11.6 Å². The van der Waals surface area contributed by atoms with Crippen LogP contribution in [0.15, 0.2) is 48.5 Å². The molecular formula is C19H18BrClO4. The summed E-state index contributed by atoms with van der Waals surface area (Å²) in [5.41, 5.74) is -0.0461. The third-order valence-corrected chi connectivity index (χ3v) is 3.97. The van der Waals surface area contributed by atoms with Gasteiger partial charge in [0.15, 0.2) is 11.4 Å². The van der Waals surface area contributed by atoms with E-state index in [-0.39, 0.29) is 12.4 Å². The third kappa shape index (κ3) is 5.31. The number of alkyl halides is 1. The van der Waals surface area contributed by atoms with Crippen molar-refractivity contribution in [3.63, 3.8) is 0 Å². The standard InChI is InChI=1S/C19H18BrClO4/c1-19(2,18(23)24-12-11-20)25-16-9-5-14(6-10-16)17(22)13-3-7-15(21)8-4-13/h3-10H,11-12H2,1-2H3. The molecule has 4 nitrogen and oxygen atoms in total. The van der Waals surface area contributed by atoms with Crippen LogP contribution in [0.25, 0.3) is 0 Å². The van der Waals surface area contributed by atoms with E-state index in [2.05, 4.69) is 15.9 Å². The minimum atomic E-state index is -1.12. The van der Waals surface area contributed by atoms with Gasteiger partial charge in [-0.3, -0.25) is 4.79 Å². The first kappa shape index (κ1) is 19.5. The molecule has 0 aromatic heterocycles. The van der Waals surface area contributed by atoms with Crippen molar-refractivity contribution >= 4 is 39.3 Å². The zero-order valence-electron chi connectivity index (χ0n) is 13.9. The molecule has 25 heavy (non-hydrogen) atoms. The molecule has 0 unspecified atom stereocenters. The Labute approximate surface area is 160 Å².